The van der Waals surface area contributed by atoms with Crippen molar-refractivity contribution in [2.24, 2.45) is 4.99 Å². The van der Waals surface area contributed by atoms with Crippen molar-refractivity contribution in [1.29, 1.82) is 0 Å². The normalized spacial score (nSPS) is 12.3. The zero-order valence-corrected chi connectivity index (χ0v) is 13.4. The Morgan fingerprint density at radius 3 is 2.60 bits per heavy atom. The van der Waals surface area contributed by atoms with Gasteiger partial charge in [0.25, 0.3) is 0 Å². The van der Waals surface area contributed by atoms with Gasteiger partial charge in [-0.1, -0.05) is 38.4 Å². The number of aliphatic imine (C=N–C) groups is 1. The van der Waals surface area contributed by atoms with E-state index in [9.17, 15) is 5.11 Å². The summed E-state index contributed by atoms with van der Waals surface area (Å²) in [5, 5.41) is 12.3. The predicted molar refractivity (Wildman–Crippen MR) is 89.7 cm³/mol. The number of benzene rings is 2. The van der Waals surface area contributed by atoms with Gasteiger partial charge in [0.2, 0.25) is 0 Å². The number of phenols is 1. The van der Waals surface area contributed by atoms with E-state index in [1.165, 1.54) is 22.0 Å². The third-order valence-corrected chi connectivity index (χ3v) is 4.99. The first-order valence-electron chi connectivity index (χ1n) is 6.63. The molecule has 0 spiro atoms. The Balaban J connectivity index is 2.50. The van der Waals surface area contributed by atoms with E-state index in [0.29, 0.717) is 14.3 Å². The van der Waals surface area contributed by atoms with Gasteiger partial charge in [0.1, 0.15) is 5.75 Å². The highest BCUT2D eigenvalue weighted by atomic mass is 31.1. The summed E-state index contributed by atoms with van der Waals surface area (Å²) in [5.41, 5.74) is 4.61. The zero-order valence-electron chi connectivity index (χ0n) is 12.4. The molecule has 2 aromatic carbocycles. The van der Waals surface area contributed by atoms with E-state index >= 15 is 0 Å². The van der Waals surface area contributed by atoms with E-state index in [1.54, 1.807) is 6.07 Å². The van der Waals surface area contributed by atoms with Crippen LogP contribution in [-0.2, 0) is 0 Å². The second kappa shape index (κ2) is 6.19. The van der Waals surface area contributed by atoms with Crippen LogP contribution in [0.5, 0.6) is 5.75 Å². The highest BCUT2D eigenvalue weighted by molar-refractivity contribution is 7.56. The first-order valence-corrected chi connectivity index (χ1v) is 7.63. The lowest BCUT2D eigenvalue weighted by Gasteiger charge is -2.14. The standard InChI is InChI=1S/C17H20NOP/c1-11-8-9-15(19)16(10-11)20-17-12(2)6-5-7-14(17)13(3)18-4/h5-10,19-20H,1-4H3. The molecule has 0 bridgehead atoms. The molecule has 0 aliphatic carbocycles. The molecule has 1 atom stereocenters. The summed E-state index contributed by atoms with van der Waals surface area (Å²) in [7, 11) is 2.25. The van der Waals surface area contributed by atoms with Crippen LogP contribution in [0.1, 0.15) is 23.6 Å². The average molecular weight is 285 g/mol. The zero-order chi connectivity index (χ0) is 14.7. The van der Waals surface area contributed by atoms with E-state index in [-0.39, 0.29) is 0 Å². The molecule has 2 nitrogen and oxygen atoms in total. The van der Waals surface area contributed by atoms with Crippen LogP contribution in [0.15, 0.2) is 41.4 Å². The van der Waals surface area contributed by atoms with Gasteiger partial charge in [-0.2, -0.15) is 0 Å². The Kier molecular flexibility index (Phi) is 4.57. The van der Waals surface area contributed by atoms with Crippen molar-refractivity contribution >= 4 is 24.9 Å². The largest absolute Gasteiger partial charge is 0.507 e. The van der Waals surface area contributed by atoms with Crippen LogP contribution in [0.2, 0.25) is 0 Å². The van der Waals surface area contributed by atoms with E-state index in [0.717, 1.165) is 11.0 Å². The first-order chi connectivity index (χ1) is 9.52. The Hall–Kier alpha value is -1.66. The maximum atomic E-state index is 10.1. The molecule has 2 aromatic rings. The summed E-state index contributed by atoms with van der Waals surface area (Å²) in [6.45, 7) is 6.19. The van der Waals surface area contributed by atoms with Crippen molar-refractivity contribution in [3.63, 3.8) is 0 Å². The third kappa shape index (κ3) is 3.08. The van der Waals surface area contributed by atoms with Crippen LogP contribution >= 0.6 is 8.58 Å². The number of aryl methyl sites for hydroxylation is 2. The number of aromatic hydroxyl groups is 1. The maximum Gasteiger partial charge on any atom is 0.123 e. The summed E-state index contributed by atoms with van der Waals surface area (Å²) in [6, 6.07) is 12.0. The lowest BCUT2D eigenvalue weighted by molar-refractivity contribution is 0.479. The highest BCUT2D eigenvalue weighted by Gasteiger charge is 2.11. The number of hydrogen-bond donors (Lipinski definition) is 1. The van der Waals surface area contributed by atoms with E-state index in [1.807, 2.05) is 27.0 Å². The van der Waals surface area contributed by atoms with Crippen molar-refractivity contribution in [3.8, 4) is 5.75 Å². The van der Waals surface area contributed by atoms with Gasteiger partial charge < -0.3 is 5.11 Å². The SMILES string of the molecule is CN=C(C)c1cccc(C)c1Pc1cc(C)ccc1O. The molecule has 0 aromatic heterocycles. The smallest absolute Gasteiger partial charge is 0.123 e. The van der Waals surface area contributed by atoms with E-state index in [4.69, 9.17) is 0 Å². The van der Waals surface area contributed by atoms with Crippen LogP contribution < -0.4 is 10.6 Å². The van der Waals surface area contributed by atoms with Crippen LogP contribution in [-0.4, -0.2) is 17.9 Å². The summed E-state index contributed by atoms with van der Waals surface area (Å²) in [5.74, 6) is 0.370. The summed E-state index contributed by atoms with van der Waals surface area (Å²) in [6.07, 6.45) is 0. The molecule has 0 saturated heterocycles. The molecule has 0 fully saturated rings. The van der Waals surface area contributed by atoms with Crippen molar-refractivity contribution in [2.45, 2.75) is 20.8 Å². The van der Waals surface area contributed by atoms with Gasteiger partial charge in [-0.15, -0.1) is 0 Å². The Bertz CT molecular complexity index is 662. The van der Waals surface area contributed by atoms with Gasteiger partial charge in [0.05, 0.1) is 0 Å². The van der Waals surface area contributed by atoms with Gasteiger partial charge in [-0.25, -0.2) is 0 Å². The molecule has 3 heteroatoms. The Morgan fingerprint density at radius 2 is 1.90 bits per heavy atom. The lowest BCUT2D eigenvalue weighted by atomic mass is 10.1. The third-order valence-electron chi connectivity index (χ3n) is 3.41. The molecule has 0 heterocycles. The topological polar surface area (TPSA) is 32.6 Å². The molecule has 104 valence electrons. The fourth-order valence-corrected chi connectivity index (χ4v) is 3.60. The average Bonchev–Trinajstić information content (AvgIpc) is 2.44. The molecule has 0 amide bonds. The maximum absolute atomic E-state index is 10.1. The quantitative estimate of drug-likeness (QED) is 0.682. The molecule has 0 radical (unpaired) electrons. The summed E-state index contributed by atoms with van der Waals surface area (Å²) < 4.78 is 0. The summed E-state index contributed by atoms with van der Waals surface area (Å²) in [4.78, 5) is 4.30. The van der Waals surface area contributed by atoms with Gasteiger partial charge in [0, 0.05) is 23.6 Å². The van der Waals surface area contributed by atoms with Gasteiger partial charge >= 0.3 is 0 Å². The minimum atomic E-state index is 0.370. The first kappa shape index (κ1) is 14.7. The number of hydrogen-bond acceptors (Lipinski definition) is 2. The van der Waals surface area contributed by atoms with Crippen molar-refractivity contribution in [3.05, 3.63) is 53.1 Å². The predicted octanol–water partition coefficient (Wildman–Crippen LogP) is 3.08. The van der Waals surface area contributed by atoms with Crippen LogP contribution in [0.3, 0.4) is 0 Å². The highest BCUT2D eigenvalue weighted by Crippen LogP contribution is 2.23. The van der Waals surface area contributed by atoms with Crippen LogP contribution in [0, 0.1) is 13.8 Å². The second-order valence-corrected chi connectivity index (χ2v) is 6.24. The molecule has 0 aliphatic heterocycles. The van der Waals surface area contributed by atoms with Gasteiger partial charge in [0.15, 0.2) is 0 Å². The molecule has 0 saturated carbocycles. The van der Waals surface area contributed by atoms with Crippen molar-refractivity contribution < 1.29 is 5.11 Å². The molecule has 0 aliphatic rings. The van der Waals surface area contributed by atoms with Crippen molar-refractivity contribution in [1.82, 2.24) is 0 Å². The minimum Gasteiger partial charge on any atom is -0.507 e. The Morgan fingerprint density at radius 1 is 1.15 bits per heavy atom. The number of phenolic OH excluding ortho intramolecular Hbond substituents is 1. The van der Waals surface area contributed by atoms with Crippen LogP contribution in [0.4, 0.5) is 0 Å². The monoisotopic (exact) mass is 285 g/mol. The molecule has 20 heavy (non-hydrogen) atoms. The molecule has 1 unspecified atom stereocenters. The van der Waals surface area contributed by atoms with Gasteiger partial charge in [-0.05, 0) is 43.8 Å². The number of rotatable bonds is 3. The molecule has 1 N–H and O–H groups in total. The fraction of sp³-hybridized carbons (Fsp3) is 0.235. The Labute approximate surface area is 122 Å². The second-order valence-electron chi connectivity index (χ2n) is 4.95. The number of nitrogens with zero attached hydrogens (tertiary/aromatic N) is 1. The summed E-state index contributed by atoms with van der Waals surface area (Å²) >= 11 is 0. The minimum absolute atomic E-state index is 0.370. The molecule has 2 rings (SSSR count). The van der Waals surface area contributed by atoms with Crippen LogP contribution in [0.25, 0.3) is 0 Å². The molecular formula is C17H20NOP. The molecular weight excluding hydrogens is 265 g/mol. The van der Waals surface area contributed by atoms with E-state index in [2.05, 4.69) is 36.2 Å². The fourth-order valence-electron chi connectivity index (χ4n) is 2.14. The van der Waals surface area contributed by atoms with Crippen molar-refractivity contribution in [2.75, 3.05) is 7.05 Å². The van der Waals surface area contributed by atoms with Gasteiger partial charge in [-0.3, -0.25) is 4.99 Å². The van der Waals surface area contributed by atoms with E-state index < -0.39 is 0 Å². The lowest BCUT2D eigenvalue weighted by Crippen LogP contribution is -2.16.